The number of benzene rings is 1. The molecule has 1 atom stereocenters. The second kappa shape index (κ2) is 8.23. The summed E-state index contributed by atoms with van der Waals surface area (Å²) in [4.78, 5) is 2.26. The van der Waals surface area contributed by atoms with Gasteiger partial charge in [0.2, 0.25) is 0 Å². The average molecular weight is 236 g/mol. The lowest BCUT2D eigenvalue weighted by molar-refractivity contribution is 0.121. The van der Waals surface area contributed by atoms with Gasteiger partial charge in [0.05, 0.1) is 6.61 Å². The lowest BCUT2D eigenvalue weighted by atomic mass is 10.0. The summed E-state index contributed by atoms with van der Waals surface area (Å²) in [7, 11) is 2.11. The molecule has 17 heavy (non-hydrogen) atoms. The van der Waals surface area contributed by atoms with Gasteiger partial charge in [-0.05, 0) is 32.5 Å². The Balaban J connectivity index is 2.21. The van der Waals surface area contributed by atoms with Crippen LogP contribution in [0.15, 0.2) is 30.3 Å². The van der Waals surface area contributed by atoms with Crippen molar-refractivity contribution in [2.24, 2.45) is 5.73 Å². The van der Waals surface area contributed by atoms with E-state index in [1.54, 1.807) is 0 Å². The zero-order valence-corrected chi connectivity index (χ0v) is 10.9. The first-order valence-corrected chi connectivity index (χ1v) is 6.31. The molecule has 1 unspecified atom stereocenters. The number of hydrogen-bond acceptors (Lipinski definition) is 3. The van der Waals surface area contributed by atoms with Crippen molar-refractivity contribution >= 4 is 0 Å². The topological polar surface area (TPSA) is 38.5 Å². The Labute approximate surface area is 105 Å². The third kappa shape index (κ3) is 5.82. The Bertz CT molecular complexity index is 290. The largest absolute Gasteiger partial charge is 0.380 e. The Kier molecular flexibility index (Phi) is 6.86. The summed E-state index contributed by atoms with van der Waals surface area (Å²) < 4.78 is 5.32. The van der Waals surface area contributed by atoms with Gasteiger partial charge < -0.3 is 15.4 Å². The highest BCUT2D eigenvalue weighted by Gasteiger charge is 2.06. The highest BCUT2D eigenvalue weighted by Crippen LogP contribution is 2.13. The molecule has 96 valence electrons. The molecular formula is C14H24N2O. The van der Waals surface area contributed by atoms with Gasteiger partial charge in [-0.3, -0.25) is 0 Å². The molecule has 0 amide bonds. The van der Waals surface area contributed by atoms with Crippen molar-refractivity contribution in [1.29, 1.82) is 0 Å². The fourth-order valence-corrected chi connectivity index (χ4v) is 1.70. The SMILES string of the molecule is CCOCCN(C)CCC(N)c1ccccc1. The van der Waals surface area contributed by atoms with Crippen LogP contribution in [0.2, 0.25) is 0 Å². The maximum atomic E-state index is 6.14. The molecule has 0 bridgehead atoms. The molecule has 1 aromatic carbocycles. The molecule has 0 saturated heterocycles. The minimum absolute atomic E-state index is 0.130. The van der Waals surface area contributed by atoms with Crippen molar-refractivity contribution in [3.8, 4) is 0 Å². The van der Waals surface area contributed by atoms with Crippen LogP contribution < -0.4 is 5.73 Å². The molecule has 0 aromatic heterocycles. The summed E-state index contributed by atoms with van der Waals surface area (Å²) in [5.41, 5.74) is 7.35. The monoisotopic (exact) mass is 236 g/mol. The fraction of sp³-hybridized carbons (Fsp3) is 0.571. The van der Waals surface area contributed by atoms with Gasteiger partial charge in [0, 0.05) is 19.2 Å². The van der Waals surface area contributed by atoms with Crippen LogP contribution in [0, 0.1) is 0 Å². The van der Waals surface area contributed by atoms with Gasteiger partial charge in [0.1, 0.15) is 0 Å². The number of rotatable bonds is 8. The molecule has 0 fully saturated rings. The van der Waals surface area contributed by atoms with Gasteiger partial charge in [0.25, 0.3) is 0 Å². The van der Waals surface area contributed by atoms with Crippen molar-refractivity contribution in [2.45, 2.75) is 19.4 Å². The molecule has 0 aliphatic heterocycles. The molecule has 3 heteroatoms. The molecule has 0 spiro atoms. The number of hydrogen-bond donors (Lipinski definition) is 1. The number of nitrogens with two attached hydrogens (primary N) is 1. The summed E-state index contributed by atoms with van der Waals surface area (Å²) in [6.45, 7) is 5.58. The highest BCUT2D eigenvalue weighted by molar-refractivity contribution is 5.18. The van der Waals surface area contributed by atoms with Crippen LogP contribution in [0.5, 0.6) is 0 Å². The summed E-state index contributed by atoms with van der Waals surface area (Å²) in [6.07, 6.45) is 0.979. The maximum absolute atomic E-state index is 6.14. The molecule has 0 aliphatic carbocycles. The van der Waals surface area contributed by atoms with Gasteiger partial charge >= 0.3 is 0 Å². The summed E-state index contributed by atoms with van der Waals surface area (Å²) in [5.74, 6) is 0. The molecule has 0 heterocycles. The van der Waals surface area contributed by atoms with Crippen LogP contribution >= 0.6 is 0 Å². The van der Waals surface area contributed by atoms with Crippen LogP contribution in [0.1, 0.15) is 24.9 Å². The first kappa shape index (κ1) is 14.2. The predicted octanol–water partition coefficient (Wildman–Crippen LogP) is 2.04. The third-order valence-corrected chi connectivity index (χ3v) is 2.87. The van der Waals surface area contributed by atoms with Crippen LogP contribution in [0.25, 0.3) is 0 Å². The van der Waals surface area contributed by atoms with E-state index in [1.165, 1.54) is 5.56 Å². The lowest BCUT2D eigenvalue weighted by Crippen LogP contribution is -2.27. The first-order chi connectivity index (χ1) is 8.24. The number of ether oxygens (including phenoxy) is 1. The van der Waals surface area contributed by atoms with Gasteiger partial charge in [-0.1, -0.05) is 30.3 Å². The molecule has 0 radical (unpaired) electrons. The van der Waals surface area contributed by atoms with Gasteiger partial charge in [0.15, 0.2) is 0 Å². The lowest BCUT2D eigenvalue weighted by Gasteiger charge is -2.19. The van der Waals surface area contributed by atoms with Crippen molar-refractivity contribution in [3.05, 3.63) is 35.9 Å². The van der Waals surface area contributed by atoms with E-state index in [0.717, 1.165) is 32.7 Å². The molecule has 1 rings (SSSR count). The smallest absolute Gasteiger partial charge is 0.0593 e. The van der Waals surface area contributed by atoms with Crippen molar-refractivity contribution in [1.82, 2.24) is 4.90 Å². The Morgan fingerprint density at radius 1 is 1.24 bits per heavy atom. The molecule has 2 N–H and O–H groups in total. The normalized spacial score (nSPS) is 12.9. The summed E-state index contributed by atoms with van der Waals surface area (Å²) in [5, 5.41) is 0. The van der Waals surface area contributed by atoms with Crippen LogP contribution in [-0.4, -0.2) is 38.3 Å². The van der Waals surface area contributed by atoms with E-state index in [4.69, 9.17) is 10.5 Å². The zero-order chi connectivity index (χ0) is 12.5. The second-order valence-electron chi connectivity index (χ2n) is 4.31. The third-order valence-electron chi connectivity index (χ3n) is 2.87. The van der Waals surface area contributed by atoms with E-state index in [9.17, 15) is 0 Å². The van der Waals surface area contributed by atoms with E-state index in [1.807, 2.05) is 25.1 Å². The van der Waals surface area contributed by atoms with Crippen molar-refractivity contribution in [3.63, 3.8) is 0 Å². The van der Waals surface area contributed by atoms with E-state index < -0.39 is 0 Å². The standard InChI is InChI=1S/C14H24N2O/c1-3-17-12-11-16(2)10-9-14(15)13-7-5-4-6-8-13/h4-8,14H,3,9-12,15H2,1-2H3. The predicted molar refractivity (Wildman–Crippen MR) is 72.0 cm³/mol. The van der Waals surface area contributed by atoms with Gasteiger partial charge in [-0.25, -0.2) is 0 Å². The zero-order valence-electron chi connectivity index (χ0n) is 10.9. The Morgan fingerprint density at radius 3 is 2.59 bits per heavy atom. The number of nitrogens with zero attached hydrogens (tertiary/aromatic N) is 1. The number of likely N-dealkylation sites (N-methyl/N-ethyl adjacent to an activating group) is 1. The molecular weight excluding hydrogens is 212 g/mol. The van der Waals surface area contributed by atoms with E-state index in [0.29, 0.717) is 0 Å². The minimum Gasteiger partial charge on any atom is -0.380 e. The maximum Gasteiger partial charge on any atom is 0.0593 e. The summed E-state index contributed by atoms with van der Waals surface area (Å²) in [6, 6.07) is 10.4. The molecule has 3 nitrogen and oxygen atoms in total. The van der Waals surface area contributed by atoms with E-state index in [-0.39, 0.29) is 6.04 Å². The van der Waals surface area contributed by atoms with E-state index in [2.05, 4.69) is 24.1 Å². The van der Waals surface area contributed by atoms with E-state index >= 15 is 0 Å². The van der Waals surface area contributed by atoms with Crippen molar-refractivity contribution in [2.75, 3.05) is 33.4 Å². The van der Waals surface area contributed by atoms with Crippen LogP contribution in [-0.2, 0) is 4.74 Å². The Hall–Kier alpha value is -0.900. The quantitative estimate of drug-likeness (QED) is 0.702. The highest BCUT2D eigenvalue weighted by atomic mass is 16.5. The molecule has 0 aliphatic rings. The summed E-state index contributed by atoms with van der Waals surface area (Å²) >= 11 is 0. The molecule has 0 saturated carbocycles. The fourth-order valence-electron chi connectivity index (χ4n) is 1.70. The van der Waals surface area contributed by atoms with Crippen LogP contribution in [0.4, 0.5) is 0 Å². The first-order valence-electron chi connectivity index (χ1n) is 6.31. The minimum atomic E-state index is 0.130. The van der Waals surface area contributed by atoms with Gasteiger partial charge in [-0.2, -0.15) is 0 Å². The van der Waals surface area contributed by atoms with Crippen molar-refractivity contribution < 1.29 is 4.74 Å². The van der Waals surface area contributed by atoms with Crippen LogP contribution in [0.3, 0.4) is 0 Å². The molecule has 1 aromatic rings. The average Bonchev–Trinajstić information content (AvgIpc) is 2.37. The van der Waals surface area contributed by atoms with Gasteiger partial charge in [-0.15, -0.1) is 0 Å². The second-order valence-corrected chi connectivity index (χ2v) is 4.31. The Morgan fingerprint density at radius 2 is 1.94 bits per heavy atom.